The van der Waals surface area contributed by atoms with Crippen LogP contribution in [0.5, 0.6) is 0 Å². The molecule has 0 saturated carbocycles. The number of hydrogen-bond acceptors (Lipinski definition) is 15. The van der Waals surface area contributed by atoms with Crippen LogP contribution in [0.3, 0.4) is 0 Å². The Balaban J connectivity index is 5.15. The molecule has 0 aromatic rings. The number of unbranched alkanes of at least 4 members (excludes halogenated alkanes) is 43. The number of rotatable bonds is 73. The fourth-order valence-corrected chi connectivity index (χ4v) is 12.9. The number of aliphatic hydroxyl groups excluding tert-OH is 1. The van der Waals surface area contributed by atoms with E-state index in [4.69, 9.17) is 37.0 Å². The molecule has 552 valence electrons. The zero-order valence-corrected chi connectivity index (χ0v) is 62.3. The quantitative estimate of drug-likeness (QED) is 0.0222. The van der Waals surface area contributed by atoms with Crippen molar-refractivity contribution < 1.29 is 80.2 Å². The first-order valence-electron chi connectivity index (χ1n) is 38.5. The molecule has 0 radical (unpaired) electrons. The lowest BCUT2D eigenvalue weighted by molar-refractivity contribution is -0.161. The molecular weight excluding hydrogens is 1220 g/mol. The first-order valence-corrected chi connectivity index (χ1v) is 41.5. The van der Waals surface area contributed by atoms with Gasteiger partial charge in [-0.3, -0.25) is 37.3 Å². The van der Waals surface area contributed by atoms with Gasteiger partial charge in [0.2, 0.25) is 0 Å². The van der Waals surface area contributed by atoms with Gasteiger partial charge < -0.3 is 33.8 Å². The molecular formula is C74H144O17P2. The van der Waals surface area contributed by atoms with Crippen LogP contribution >= 0.6 is 15.6 Å². The third-order valence-electron chi connectivity index (χ3n) is 17.2. The van der Waals surface area contributed by atoms with E-state index < -0.39 is 97.5 Å². The molecule has 0 aliphatic carbocycles. The van der Waals surface area contributed by atoms with Crippen molar-refractivity contribution >= 4 is 39.5 Å². The second kappa shape index (κ2) is 66.0. The Morgan fingerprint density at radius 1 is 0.290 bits per heavy atom. The first-order chi connectivity index (χ1) is 44.9. The van der Waals surface area contributed by atoms with E-state index in [-0.39, 0.29) is 25.7 Å². The van der Waals surface area contributed by atoms with E-state index in [1.165, 1.54) is 193 Å². The number of hydrogen-bond donors (Lipinski definition) is 3. The molecule has 3 N–H and O–H groups in total. The molecule has 0 aromatic carbocycles. The lowest BCUT2D eigenvalue weighted by atomic mass is 10.0. The predicted octanol–water partition coefficient (Wildman–Crippen LogP) is 21.6. The van der Waals surface area contributed by atoms with Crippen molar-refractivity contribution in [1.82, 2.24) is 0 Å². The lowest BCUT2D eigenvalue weighted by Gasteiger charge is -2.21. The van der Waals surface area contributed by atoms with Gasteiger partial charge in [0.05, 0.1) is 26.4 Å². The molecule has 19 heteroatoms. The maximum Gasteiger partial charge on any atom is 0.472 e. The molecule has 93 heavy (non-hydrogen) atoms. The minimum absolute atomic E-state index is 0.107. The van der Waals surface area contributed by atoms with Crippen LogP contribution in [0.4, 0.5) is 0 Å². The molecule has 0 spiro atoms. The average Bonchev–Trinajstić information content (AvgIpc) is 2.89. The minimum atomic E-state index is -4.95. The van der Waals surface area contributed by atoms with Crippen molar-refractivity contribution in [2.75, 3.05) is 39.6 Å². The van der Waals surface area contributed by atoms with Gasteiger partial charge in [0, 0.05) is 25.7 Å². The van der Waals surface area contributed by atoms with Crippen LogP contribution in [-0.4, -0.2) is 96.7 Å². The van der Waals surface area contributed by atoms with E-state index in [9.17, 15) is 43.2 Å². The van der Waals surface area contributed by atoms with Gasteiger partial charge in [-0.15, -0.1) is 0 Å². The number of carbonyl (C=O) groups is 4. The van der Waals surface area contributed by atoms with E-state index in [0.717, 1.165) is 108 Å². The lowest BCUT2D eigenvalue weighted by Crippen LogP contribution is -2.30. The maximum atomic E-state index is 13.1. The van der Waals surface area contributed by atoms with Crippen molar-refractivity contribution in [1.29, 1.82) is 0 Å². The van der Waals surface area contributed by atoms with Crippen molar-refractivity contribution in [3.05, 3.63) is 0 Å². The summed E-state index contributed by atoms with van der Waals surface area (Å²) >= 11 is 0. The van der Waals surface area contributed by atoms with Gasteiger partial charge in [-0.05, 0) is 37.5 Å². The molecule has 0 aliphatic heterocycles. The van der Waals surface area contributed by atoms with Crippen LogP contribution in [0, 0.1) is 11.8 Å². The van der Waals surface area contributed by atoms with Gasteiger partial charge in [0.1, 0.15) is 19.3 Å². The molecule has 0 fully saturated rings. The van der Waals surface area contributed by atoms with Gasteiger partial charge in [0.25, 0.3) is 0 Å². The molecule has 0 amide bonds. The van der Waals surface area contributed by atoms with E-state index in [1.54, 1.807) is 0 Å². The molecule has 0 rings (SSSR count). The van der Waals surface area contributed by atoms with Crippen LogP contribution in [0.25, 0.3) is 0 Å². The van der Waals surface area contributed by atoms with Crippen molar-refractivity contribution in [2.24, 2.45) is 11.8 Å². The van der Waals surface area contributed by atoms with Crippen LogP contribution in [0.15, 0.2) is 0 Å². The average molecular weight is 1370 g/mol. The van der Waals surface area contributed by atoms with Crippen molar-refractivity contribution in [3.8, 4) is 0 Å². The Kier molecular flexibility index (Phi) is 64.6. The van der Waals surface area contributed by atoms with Gasteiger partial charge in [-0.2, -0.15) is 0 Å². The summed E-state index contributed by atoms with van der Waals surface area (Å²) < 4.78 is 68.2. The van der Waals surface area contributed by atoms with Crippen molar-refractivity contribution in [3.63, 3.8) is 0 Å². The molecule has 0 saturated heterocycles. The number of aliphatic hydroxyl groups is 1. The number of phosphoric acid groups is 2. The second-order valence-corrected chi connectivity index (χ2v) is 30.5. The molecule has 0 bridgehead atoms. The van der Waals surface area contributed by atoms with Crippen LogP contribution in [-0.2, 0) is 65.4 Å². The van der Waals surface area contributed by atoms with Crippen molar-refractivity contribution in [2.45, 2.75) is 400 Å². The molecule has 0 heterocycles. The van der Waals surface area contributed by atoms with Crippen LogP contribution in [0.2, 0.25) is 0 Å². The number of phosphoric ester groups is 2. The monoisotopic (exact) mass is 1370 g/mol. The Morgan fingerprint density at radius 3 is 0.731 bits per heavy atom. The molecule has 0 aliphatic rings. The summed E-state index contributed by atoms with van der Waals surface area (Å²) in [6.07, 6.45) is 53.0. The normalized spacial score (nSPS) is 14.1. The van der Waals surface area contributed by atoms with Gasteiger partial charge >= 0.3 is 39.5 Å². The fourth-order valence-electron chi connectivity index (χ4n) is 11.3. The van der Waals surface area contributed by atoms with Gasteiger partial charge in [0.15, 0.2) is 12.2 Å². The highest BCUT2D eigenvalue weighted by Gasteiger charge is 2.30. The van der Waals surface area contributed by atoms with E-state index in [0.29, 0.717) is 25.7 Å². The Morgan fingerprint density at radius 2 is 0.495 bits per heavy atom. The van der Waals surface area contributed by atoms with E-state index >= 15 is 0 Å². The summed E-state index contributed by atoms with van der Waals surface area (Å²) in [5.74, 6) is -0.534. The summed E-state index contributed by atoms with van der Waals surface area (Å²) in [5, 5.41) is 10.6. The molecule has 17 nitrogen and oxygen atoms in total. The Bertz CT molecular complexity index is 1800. The summed E-state index contributed by atoms with van der Waals surface area (Å²) in [5.41, 5.74) is 0. The summed E-state index contributed by atoms with van der Waals surface area (Å²) in [6, 6.07) is 0. The highest BCUT2D eigenvalue weighted by atomic mass is 31.2. The highest BCUT2D eigenvalue weighted by Crippen LogP contribution is 2.45. The Labute approximate surface area is 568 Å². The van der Waals surface area contributed by atoms with Crippen LogP contribution < -0.4 is 0 Å². The summed E-state index contributed by atoms with van der Waals surface area (Å²) in [6.45, 7) is 9.55. The third kappa shape index (κ3) is 68.4. The third-order valence-corrected chi connectivity index (χ3v) is 19.1. The zero-order valence-electron chi connectivity index (χ0n) is 60.6. The molecule has 5 atom stereocenters. The summed E-state index contributed by atoms with van der Waals surface area (Å²) in [7, 11) is -9.90. The number of ether oxygens (including phenoxy) is 4. The van der Waals surface area contributed by atoms with E-state index in [2.05, 4.69) is 41.5 Å². The largest absolute Gasteiger partial charge is 0.472 e. The second-order valence-electron chi connectivity index (χ2n) is 27.6. The number of carbonyl (C=O) groups excluding carboxylic acids is 4. The van der Waals surface area contributed by atoms with Gasteiger partial charge in [-0.25, -0.2) is 9.13 Å². The summed E-state index contributed by atoms with van der Waals surface area (Å²) in [4.78, 5) is 72.5. The fraction of sp³-hybridized carbons (Fsp3) is 0.946. The van der Waals surface area contributed by atoms with E-state index in [1.807, 2.05) is 0 Å². The minimum Gasteiger partial charge on any atom is -0.462 e. The standard InChI is InChI=1S/C74H144O17P2/c1-7-9-11-13-14-15-16-17-24-30-35-40-46-52-58-73(78)90-69(62-84-71(76)56-50-42-12-10-8-2)64-88-92(80,81)86-60-68(75)61-87-93(82,83)89-65-70(91-74(79)59-53-47-41-36-31-26-21-19-23-28-33-38-44-49-55-67(5)6)63-85-72(77)57-51-45-39-34-29-25-20-18-22-27-32-37-43-48-54-66(3)4/h66-70,75H,7-65H2,1-6H3,(H,80,81)(H,82,83)/t68-,69+,70+/m0/s1. The molecule has 2 unspecified atom stereocenters. The Hall–Kier alpha value is -1.94. The van der Waals surface area contributed by atoms with Gasteiger partial charge in [-0.1, -0.05) is 330 Å². The van der Waals surface area contributed by atoms with Crippen LogP contribution in [0.1, 0.15) is 382 Å². The number of esters is 4. The first kappa shape index (κ1) is 91.1. The smallest absolute Gasteiger partial charge is 0.462 e. The SMILES string of the molecule is CCCCCCCCCCCCCCCCC(=O)O[C@H](COC(=O)CCCCCCC)COP(=O)(O)OC[C@H](O)COP(=O)(O)OC[C@@H](COC(=O)CCCCCCCCCCCCCCCCC(C)C)OC(=O)CCCCCCCCCCCCCCCCC(C)C. The predicted molar refractivity (Wildman–Crippen MR) is 377 cm³/mol. The zero-order chi connectivity index (χ0) is 68.6. The topological polar surface area (TPSA) is 237 Å². The molecule has 0 aromatic heterocycles. The highest BCUT2D eigenvalue weighted by molar-refractivity contribution is 7.47. The maximum absolute atomic E-state index is 13.1.